The minimum absolute atomic E-state index is 0.584. The maximum atomic E-state index is 6.81. The lowest BCUT2D eigenvalue weighted by Crippen LogP contribution is -1.98. The van der Waals surface area contributed by atoms with E-state index in [1.165, 1.54) is 5.56 Å². The highest BCUT2D eigenvalue weighted by atomic mass is 15.3. The van der Waals surface area contributed by atoms with Gasteiger partial charge in [0.2, 0.25) is 5.69 Å². The minimum atomic E-state index is 0.584. The van der Waals surface area contributed by atoms with Crippen molar-refractivity contribution < 1.29 is 0 Å². The van der Waals surface area contributed by atoms with Crippen LogP contribution < -0.4 is 0 Å². The van der Waals surface area contributed by atoms with Crippen LogP contribution in [0.4, 0.5) is 5.69 Å². The molecule has 2 aromatic rings. The Balaban J connectivity index is 2.16. The van der Waals surface area contributed by atoms with Gasteiger partial charge in [-0.05, 0) is 5.56 Å². The van der Waals surface area contributed by atoms with E-state index in [0.29, 0.717) is 5.69 Å². The zero-order chi connectivity index (χ0) is 9.80. The van der Waals surface area contributed by atoms with Crippen molar-refractivity contribution in [2.75, 3.05) is 0 Å². The number of benzene rings is 1. The van der Waals surface area contributed by atoms with Gasteiger partial charge in [0.25, 0.3) is 0 Å². The molecule has 0 saturated heterocycles. The maximum Gasteiger partial charge on any atom is 0.224 e. The standard InChI is InChI=1S/C11H9N3/c1-12-11-7-13-14(9-11)8-10-5-3-2-4-6-10/h2-7,9H,8H2. The summed E-state index contributed by atoms with van der Waals surface area (Å²) < 4.78 is 1.77. The second-order valence-corrected chi connectivity index (χ2v) is 2.99. The van der Waals surface area contributed by atoms with E-state index in [4.69, 9.17) is 6.57 Å². The zero-order valence-corrected chi connectivity index (χ0v) is 7.59. The first kappa shape index (κ1) is 8.52. The van der Waals surface area contributed by atoms with Crippen LogP contribution >= 0.6 is 0 Å². The van der Waals surface area contributed by atoms with Crippen molar-refractivity contribution in [2.24, 2.45) is 0 Å². The largest absolute Gasteiger partial charge is 0.280 e. The molecule has 1 aromatic heterocycles. The summed E-state index contributed by atoms with van der Waals surface area (Å²) in [6.45, 7) is 7.53. The van der Waals surface area contributed by atoms with Gasteiger partial charge < -0.3 is 0 Å². The van der Waals surface area contributed by atoms with E-state index < -0.39 is 0 Å². The number of hydrogen-bond donors (Lipinski definition) is 0. The first-order chi connectivity index (χ1) is 6.88. The molecule has 68 valence electrons. The highest BCUT2D eigenvalue weighted by Crippen LogP contribution is 2.10. The van der Waals surface area contributed by atoms with E-state index in [1.54, 1.807) is 17.1 Å². The van der Waals surface area contributed by atoms with E-state index in [2.05, 4.69) is 9.94 Å². The smallest absolute Gasteiger partial charge is 0.224 e. The maximum absolute atomic E-state index is 6.81. The van der Waals surface area contributed by atoms with Gasteiger partial charge in [0.15, 0.2) is 0 Å². The van der Waals surface area contributed by atoms with Gasteiger partial charge >= 0.3 is 0 Å². The van der Waals surface area contributed by atoms with Crippen molar-refractivity contribution in [3.8, 4) is 0 Å². The van der Waals surface area contributed by atoms with Crippen LogP contribution in [0.3, 0.4) is 0 Å². The zero-order valence-electron chi connectivity index (χ0n) is 7.59. The molecule has 0 unspecified atom stereocenters. The number of nitrogens with zero attached hydrogens (tertiary/aromatic N) is 3. The molecule has 0 atom stereocenters. The Morgan fingerprint density at radius 3 is 2.71 bits per heavy atom. The number of hydrogen-bond acceptors (Lipinski definition) is 1. The topological polar surface area (TPSA) is 22.2 Å². The van der Waals surface area contributed by atoms with Crippen LogP contribution in [0.2, 0.25) is 0 Å². The molecule has 0 fully saturated rings. The van der Waals surface area contributed by atoms with Crippen molar-refractivity contribution in [1.82, 2.24) is 9.78 Å². The number of rotatable bonds is 2. The fourth-order valence-electron chi connectivity index (χ4n) is 1.27. The molecule has 0 aliphatic carbocycles. The summed E-state index contributed by atoms with van der Waals surface area (Å²) in [5.41, 5.74) is 1.77. The van der Waals surface area contributed by atoms with Crippen LogP contribution in [0.1, 0.15) is 5.56 Å². The quantitative estimate of drug-likeness (QED) is 0.655. The Hall–Kier alpha value is -2.08. The summed E-state index contributed by atoms with van der Waals surface area (Å²) in [6, 6.07) is 10.1. The molecule has 0 amide bonds. The van der Waals surface area contributed by atoms with Crippen molar-refractivity contribution >= 4 is 5.69 Å². The van der Waals surface area contributed by atoms with Crippen LogP contribution in [-0.4, -0.2) is 9.78 Å². The lowest BCUT2D eigenvalue weighted by molar-refractivity contribution is 0.687. The van der Waals surface area contributed by atoms with Gasteiger partial charge in [-0.3, -0.25) is 4.68 Å². The Bertz CT molecular complexity index is 451. The molecule has 3 heteroatoms. The molecular formula is C11H9N3. The second-order valence-electron chi connectivity index (χ2n) is 2.99. The third kappa shape index (κ3) is 1.80. The lowest BCUT2D eigenvalue weighted by Gasteiger charge is -2.00. The molecule has 2 rings (SSSR count). The first-order valence-electron chi connectivity index (χ1n) is 4.32. The summed E-state index contributed by atoms with van der Waals surface area (Å²) in [4.78, 5) is 3.30. The van der Waals surface area contributed by atoms with Crippen molar-refractivity contribution in [1.29, 1.82) is 0 Å². The van der Waals surface area contributed by atoms with Gasteiger partial charge in [0.05, 0.1) is 19.3 Å². The molecule has 0 radical (unpaired) electrons. The molecule has 0 bridgehead atoms. The van der Waals surface area contributed by atoms with E-state index >= 15 is 0 Å². The Labute approximate surface area is 82.4 Å². The SMILES string of the molecule is [C-]#[N+]c1cnn(Cc2ccccc2)c1. The Morgan fingerprint density at radius 2 is 2.07 bits per heavy atom. The Morgan fingerprint density at radius 1 is 1.29 bits per heavy atom. The molecule has 14 heavy (non-hydrogen) atoms. The van der Waals surface area contributed by atoms with E-state index in [1.807, 2.05) is 30.3 Å². The third-order valence-electron chi connectivity index (χ3n) is 1.94. The lowest BCUT2D eigenvalue weighted by atomic mass is 10.2. The van der Waals surface area contributed by atoms with Crippen LogP contribution in [0.15, 0.2) is 42.7 Å². The molecular weight excluding hydrogens is 174 g/mol. The molecule has 0 N–H and O–H groups in total. The molecule has 0 spiro atoms. The van der Waals surface area contributed by atoms with Crippen molar-refractivity contribution in [2.45, 2.75) is 6.54 Å². The van der Waals surface area contributed by atoms with Gasteiger partial charge in [0.1, 0.15) is 0 Å². The summed E-state index contributed by atoms with van der Waals surface area (Å²) in [7, 11) is 0. The van der Waals surface area contributed by atoms with Crippen LogP contribution in [0.5, 0.6) is 0 Å². The average molecular weight is 183 g/mol. The van der Waals surface area contributed by atoms with Crippen molar-refractivity contribution in [3.63, 3.8) is 0 Å². The minimum Gasteiger partial charge on any atom is -0.280 e. The van der Waals surface area contributed by atoms with E-state index in [0.717, 1.165) is 6.54 Å². The highest BCUT2D eigenvalue weighted by Gasteiger charge is 1.97. The van der Waals surface area contributed by atoms with Crippen LogP contribution in [-0.2, 0) is 6.54 Å². The highest BCUT2D eigenvalue weighted by molar-refractivity contribution is 5.39. The molecule has 3 nitrogen and oxygen atoms in total. The third-order valence-corrected chi connectivity index (χ3v) is 1.94. The van der Waals surface area contributed by atoms with Gasteiger partial charge in [-0.25, -0.2) is 4.85 Å². The molecule has 0 saturated carbocycles. The average Bonchev–Trinajstić information content (AvgIpc) is 2.67. The summed E-state index contributed by atoms with van der Waals surface area (Å²) in [6.07, 6.45) is 3.33. The van der Waals surface area contributed by atoms with E-state index in [-0.39, 0.29) is 0 Å². The molecule has 0 aliphatic rings. The van der Waals surface area contributed by atoms with Gasteiger partial charge in [0, 0.05) is 6.20 Å². The normalized spacial score (nSPS) is 9.64. The van der Waals surface area contributed by atoms with Crippen molar-refractivity contribution in [3.05, 3.63) is 59.7 Å². The number of aromatic nitrogens is 2. The monoisotopic (exact) mass is 183 g/mol. The van der Waals surface area contributed by atoms with Gasteiger partial charge in [-0.1, -0.05) is 30.3 Å². The van der Waals surface area contributed by atoms with Crippen LogP contribution in [0.25, 0.3) is 4.85 Å². The van der Waals surface area contributed by atoms with Gasteiger partial charge in [-0.2, -0.15) is 5.10 Å². The van der Waals surface area contributed by atoms with Gasteiger partial charge in [-0.15, -0.1) is 0 Å². The first-order valence-corrected chi connectivity index (χ1v) is 4.32. The Kier molecular flexibility index (Phi) is 2.28. The molecule has 1 heterocycles. The van der Waals surface area contributed by atoms with Crippen LogP contribution in [0, 0.1) is 6.57 Å². The predicted molar refractivity (Wildman–Crippen MR) is 54.0 cm³/mol. The summed E-state index contributed by atoms with van der Waals surface area (Å²) in [5.74, 6) is 0. The summed E-state index contributed by atoms with van der Waals surface area (Å²) >= 11 is 0. The fraction of sp³-hybridized carbons (Fsp3) is 0.0909. The van der Waals surface area contributed by atoms with E-state index in [9.17, 15) is 0 Å². The fourth-order valence-corrected chi connectivity index (χ4v) is 1.27. The summed E-state index contributed by atoms with van der Waals surface area (Å²) in [5, 5.41) is 4.09. The predicted octanol–water partition coefficient (Wildman–Crippen LogP) is 2.48. The second kappa shape index (κ2) is 3.75. The molecule has 1 aromatic carbocycles. The molecule has 0 aliphatic heterocycles.